The molecule has 1 unspecified atom stereocenters. The van der Waals surface area contributed by atoms with Crippen molar-refractivity contribution in [3.8, 4) is 5.75 Å². The summed E-state index contributed by atoms with van der Waals surface area (Å²) in [6, 6.07) is 6.81. The van der Waals surface area contributed by atoms with E-state index in [0.717, 1.165) is 0 Å². The van der Waals surface area contributed by atoms with Crippen LogP contribution in [0, 0.1) is 0 Å². The molecule has 0 heterocycles. The fourth-order valence-electron chi connectivity index (χ4n) is 2.43. The van der Waals surface area contributed by atoms with Crippen LogP contribution >= 0.6 is 0 Å². The van der Waals surface area contributed by atoms with Crippen molar-refractivity contribution in [3.63, 3.8) is 0 Å². The molecule has 27 heavy (non-hydrogen) atoms. The summed E-state index contributed by atoms with van der Waals surface area (Å²) in [5, 5.41) is 29.8. The number of hydrogen-bond donors (Lipinski definition) is 4. The van der Waals surface area contributed by atoms with Crippen LogP contribution in [0.25, 0.3) is 0 Å². The van der Waals surface area contributed by atoms with Gasteiger partial charge in [0.05, 0.1) is 11.5 Å². The van der Waals surface area contributed by atoms with Crippen molar-refractivity contribution in [3.05, 3.63) is 61.9 Å². The number of amides is 1. The van der Waals surface area contributed by atoms with Crippen LogP contribution in [0.2, 0.25) is 0 Å². The molecule has 2 atom stereocenters. The number of benzene rings is 1. The molecular formula is C17H15NO9. The number of carbonyl (C=O) groups excluding carboxylic acids is 1. The van der Waals surface area contributed by atoms with Crippen LogP contribution in [-0.2, 0) is 20.9 Å². The number of nitrogens with one attached hydrogen (secondary N) is 1. The molecule has 0 saturated heterocycles. The maximum absolute atomic E-state index is 11.8. The van der Waals surface area contributed by atoms with Crippen molar-refractivity contribution in [1.82, 2.24) is 5.32 Å². The minimum absolute atomic E-state index is 0.139. The van der Waals surface area contributed by atoms with Crippen LogP contribution < -0.4 is 16.2 Å². The van der Waals surface area contributed by atoms with Gasteiger partial charge in [0.15, 0.2) is 5.75 Å². The Labute approximate surface area is 151 Å². The molecule has 142 valence electrons. The lowest BCUT2D eigenvalue weighted by molar-refractivity contribution is -0.141. The molecule has 0 spiro atoms. The van der Waals surface area contributed by atoms with Crippen molar-refractivity contribution >= 4 is 18.0 Å². The maximum Gasteiger partial charge on any atom is 0.408 e. The van der Waals surface area contributed by atoms with Crippen LogP contribution in [0.5, 0.6) is 5.75 Å². The molecule has 1 amide bonds. The van der Waals surface area contributed by atoms with E-state index in [2.05, 4.69) is 0 Å². The molecule has 0 saturated carbocycles. The first kappa shape index (κ1) is 19.6. The highest BCUT2D eigenvalue weighted by atomic mass is 16.5. The lowest BCUT2D eigenvalue weighted by Crippen LogP contribution is -2.45. The number of carboxylic acid groups (broad SMARTS) is 2. The summed E-state index contributed by atoms with van der Waals surface area (Å²) in [5.74, 6) is -5.98. The van der Waals surface area contributed by atoms with Gasteiger partial charge in [-0.2, -0.15) is 0 Å². The van der Waals surface area contributed by atoms with Crippen LogP contribution in [-0.4, -0.2) is 39.4 Å². The number of carbonyl (C=O) groups is 3. The van der Waals surface area contributed by atoms with Gasteiger partial charge in [0.2, 0.25) is 5.43 Å². The van der Waals surface area contributed by atoms with Gasteiger partial charge in [-0.25, -0.2) is 9.59 Å². The predicted molar refractivity (Wildman–Crippen MR) is 89.2 cm³/mol. The number of alkyl carbamates (subject to hydrolysis) is 1. The minimum Gasteiger partial charge on any atom is -0.504 e. The zero-order chi connectivity index (χ0) is 20.1. The number of hydrogen-bond acceptors (Lipinski definition) is 7. The first-order chi connectivity index (χ1) is 12.7. The SMILES string of the molecule is O=C(N[C@@H](CC(C(=O)O)c1c(O)c(=O)c1=O)C(=O)O)OCc1ccccc1. The van der Waals surface area contributed by atoms with E-state index in [-0.39, 0.29) is 6.61 Å². The van der Waals surface area contributed by atoms with Crippen molar-refractivity contribution in [2.45, 2.75) is 25.0 Å². The largest absolute Gasteiger partial charge is 0.504 e. The number of rotatable bonds is 8. The predicted octanol–water partition coefficient (Wildman–Crippen LogP) is -0.0739. The Hall–Kier alpha value is -3.69. The summed E-state index contributed by atoms with van der Waals surface area (Å²) in [6.07, 6.45) is -1.87. The highest BCUT2D eigenvalue weighted by Crippen LogP contribution is 2.26. The summed E-state index contributed by atoms with van der Waals surface area (Å²) in [5.41, 5.74) is -2.47. The zero-order valence-corrected chi connectivity index (χ0v) is 13.7. The smallest absolute Gasteiger partial charge is 0.408 e. The molecule has 2 rings (SSSR count). The van der Waals surface area contributed by atoms with Crippen LogP contribution in [0.4, 0.5) is 4.79 Å². The fraction of sp³-hybridized carbons (Fsp3) is 0.235. The van der Waals surface area contributed by atoms with E-state index in [4.69, 9.17) is 4.74 Å². The van der Waals surface area contributed by atoms with Crippen molar-refractivity contribution in [2.24, 2.45) is 0 Å². The number of aromatic hydroxyl groups is 1. The molecule has 0 aliphatic heterocycles. The average molecular weight is 377 g/mol. The Balaban J connectivity index is 2.06. The van der Waals surface area contributed by atoms with Gasteiger partial charge in [0.25, 0.3) is 5.43 Å². The van der Waals surface area contributed by atoms with Gasteiger partial charge in [0.1, 0.15) is 12.6 Å². The molecule has 2 aromatic carbocycles. The molecule has 0 radical (unpaired) electrons. The number of carboxylic acids is 2. The van der Waals surface area contributed by atoms with Gasteiger partial charge in [-0.15, -0.1) is 0 Å². The van der Waals surface area contributed by atoms with Crippen LogP contribution in [0.15, 0.2) is 39.9 Å². The third kappa shape index (κ3) is 4.48. The Kier molecular flexibility index (Phi) is 5.91. The normalized spacial score (nSPS) is 12.9. The van der Waals surface area contributed by atoms with E-state index in [1.165, 1.54) is 0 Å². The monoisotopic (exact) mass is 377 g/mol. The molecule has 0 fully saturated rings. The van der Waals surface area contributed by atoms with Gasteiger partial charge in [0, 0.05) is 0 Å². The lowest BCUT2D eigenvalue weighted by atomic mass is 9.88. The maximum atomic E-state index is 11.8. The molecule has 4 N–H and O–H groups in total. The molecular weight excluding hydrogens is 362 g/mol. The highest BCUT2D eigenvalue weighted by Gasteiger charge is 2.36. The quantitative estimate of drug-likeness (QED) is 0.460. The van der Waals surface area contributed by atoms with E-state index in [0.29, 0.717) is 5.56 Å². The number of aliphatic carboxylic acids is 2. The lowest BCUT2D eigenvalue weighted by Gasteiger charge is -2.20. The highest BCUT2D eigenvalue weighted by molar-refractivity contribution is 5.83. The van der Waals surface area contributed by atoms with E-state index in [1.807, 2.05) is 5.32 Å². The second-order valence-electron chi connectivity index (χ2n) is 5.64. The fourth-order valence-corrected chi connectivity index (χ4v) is 2.43. The topological polar surface area (TPSA) is 167 Å². The zero-order valence-electron chi connectivity index (χ0n) is 13.7. The van der Waals surface area contributed by atoms with Crippen molar-refractivity contribution in [2.75, 3.05) is 0 Å². The average Bonchev–Trinajstić information content (AvgIpc) is 2.65. The van der Waals surface area contributed by atoms with E-state index in [1.54, 1.807) is 30.3 Å². The second-order valence-corrected chi connectivity index (χ2v) is 5.64. The molecule has 0 aromatic heterocycles. The molecule has 10 heteroatoms. The summed E-state index contributed by atoms with van der Waals surface area (Å²) in [6.45, 7) is -0.139. The van der Waals surface area contributed by atoms with Gasteiger partial charge in [-0.3, -0.25) is 14.4 Å². The van der Waals surface area contributed by atoms with E-state index < -0.39 is 58.6 Å². The van der Waals surface area contributed by atoms with E-state index in [9.17, 15) is 39.3 Å². The molecule has 0 bridgehead atoms. The second kappa shape index (κ2) is 8.13. The van der Waals surface area contributed by atoms with Gasteiger partial charge >= 0.3 is 18.0 Å². The third-order valence-electron chi connectivity index (χ3n) is 3.84. The van der Waals surface area contributed by atoms with Gasteiger partial charge in [-0.05, 0) is 12.0 Å². The Morgan fingerprint density at radius 1 is 1.00 bits per heavy atom. The molecule has 10 nitrogen and oxygen atoms in total. The van der Waals surface area contributed by atoms with Crippen molar-refractivity contribution < 1.29 is 34.4 Å². The summed E-state index contributed by atoms with van der Waals surface area (Å²) < 4.78 is 4.87. The Morgan fingerprint density at radius 3 is 2.15 bits per heavy atom. The van der Waals surface area contributed by atoms with Crippen molar-refractivity contribution in [1.29, 1.82) is 0 Å². The standard InChI is InChI=1S/C17H15NO9/c19-12-11(13(20)14(12)21)9(15(22)23)6-10(16(24)25)18-17(26)27-7-8-4-2-1-3-5-8/h1-5,9-10,19H,6-7H2,(H,18,26)(H,22,23)(H,24,25)/t9?,10-/m0/s1. The number of ether oxygens (including phenoxy) is 1. The third-order valence-corrected chi connectivity index (χ3v) is 3.84. The minimum atomic E-state index is -1.77. The first-order valence-corrected chi connectivity index (χ1v) is 7.67. The van der Waals surface area contributed by atoms with E-state index >= 15 is 0 Å². The summed E-state index contributed by atoms with van der Waals surface area (Å²) in [7, 11) is 0. The molecule has 0 aliphatic carbocycles. The summed E-state index contributed by atoms with van der Waals surface area (Å²) >= 11 is 0. The van der Waals surface area contributed by atoms with Gasteiger partial charge < -0.3 is 25.4 Å². The Morgan fingerprint density at radius 2 is 1.63 bits per heavy atom. The first-order valence-electron chi connectivity index (χ1n) is 7.67. The van der Waals surface area contributed by atoms with Crippen LogP contribution in [0.3, 0.4) is 0 Å². The molecule has 0 aliphatic rings. The molecule has 2 aromatic rings. The van der Waals surface area contributed by atoms with Crippen LogP contribution in [0.1, 0.15) is 23.5 Å². The summed E-state index contributed by atoms with van der Waals surface area (Å²) in [4.78, 5) is 57.0. The Bertz CT molecular complexity index is 928. The van der Waals surface area contributed by atoms with Gasteiger partial charge in [-0.1, -0.05) is 30.3 Å².